The summed E-state index contributed by atoms with van der Waals surface area (Å²) in [6.07, 6.45) is 4.71. The van der Waals surface area contributed by atoms with E-state index in [-0.39, 0.29) is 6.04 Å². The summed E-state index contributed by atoms with van der Waals surface area (Å²) in [5.74, 6) is 0.789. The zero-order chi connectivity index (χ0) is 10.8. The monoisotopic (exact) mass is 210 g/mol. The largest absolute Gasteiger partial charge is 0.338 e. The Morgan fingerprint density at radius 1 is 1.40 bits per heavy atom. The number of aryl methyl sites for hydroxylation is 1. The Morgan fingerprint density at radius 3 is 2.73 bits per heavy atom. The first kappa shape index (κ1) is 10.4. The minimum absolute atomic E-state index is 0.237. The van der Waals surface area contributed by atoms with Crippen molar-refractivity contribution < 1.29 is 0 Å². The van der Waals surface area contributed by atoms with Crippen LogP contribution in [0.3, 0.4) is 0 Å². The SMILES string of the molecule is CN(c1nnnn1C)C1CCCCC1N. The van der Waals surface area contributed by atoms with Crippen LogP contribution < -0.4 is 10.6 Å². The maximum atomic E-state index is 6.12. The molecule has 15 heavy (non-hydrogen) atoms. The lowest BCUT2D eigenvalue weighted by Crippen LogP contribution is -2.48. The second-order valence-electron chi connectivity index (χ2n) is 4.23. The van der Waals surface area contributed by atoms with Crippen LogP contribution in [0.15, 0.2) is 0 Å². The van der Waals surface area contributed by atoms with Crippen molar-refractivity contribution in [2.45, 2.75) is 37.8 Å². The Bertz CT molecular complexity index is 322. The minimum Gasteiger partial charge on any atom is -0.338 e. The third kappa shape index (κ3) is 1.94. The molecule has 1 aliphatic rings. The first-order valence-electron chi connectivity index (χ1n) is 5.41. The third-order valence-electron chi connectivity index (χ3n) is 3.19. The van der Waals surface area contributed by atoms with Gasteiger partial charge in [-0.3, -0.25) is 0 Å². The molecular formula is C9H18N6. The van der Waals surface area contributed by atoms with Crippen LogP contribution in [0.25, 0.3) is 0 Å². The van der Waals surface area contributed by atoms with Crippen molar-refractivity contribution >= 4 is 5.95 Å². The highest BCUT2D eigenvalue weighted by Gasteiger charge is 2.27. The summed E-state index contributed by atoms with van der Waals surface area (Å²) in [5.41, 5.74) is 6.12. The molecule has 0 radical (unpaired) electrons. The van der Waals surface area contributed by atoms with E-state index in [2.05, 4.69) is 20.4 Å². The van der Waals surface area contributed by atoms with Crippen molar-refractivity contribution in [2.75, 3.05) is 11.9 Å². The highest BCUT2D eigenvalue weighted by molar-refractivity contribution is 5.29. The molecule has 2 atom stereocenters. The maximum Gasteiger partial charge on any atom is 0.245 e. The molecule has 0 bridgehead atoms. The van der Waals surface area contributed by atoms with E-state index in [0.29, 0.717) is 6.04 Å². The van der Waals surface area contributed by atoms with E-state index in [4.69, 9.17) is 5.73 Å². The van der Waals surface area contributed by atoms with Crippen LogP contribution in [0.2, 0.25) is 0 Å². The Kier molecular flexibility index (Phi) is 2.86. The van der Waals surface area contributed by atoms with Gasteiger partial charge in [-0.2, -0.15) is 0 Å². The lowest BCUT2D eigenvalue weighted by molar-refractivity contribution is 0.369. The van der Waals surface area contributed by atoms with Gasteiger partial charge in [0.2, 0.25) is 5.95 Å². The zero-order valence-corrected chi connectivity index (χ0v) is 9.30. The number of hydrogen-bond acceptors (Lipinski definition) is 5. The third-order valence-corrected chi connectivity index (χ3v) is 3.19. The molecule has 0 amide bonds. The molecule has 1 aromatic rings. The molecule has 1 heterocycles. The Balaban J connectivity index is 2.13. The number of aromatic nitrogens is 4. The standard InChI is InChI=1S/C9H18N6/c1-14(9-11-12-13-15(9)2)8-6-4-3-5-7(8)10/h7-8H,3-6,10H2,1-2H3. The molecule has 0 aromatic carbocycles. The number of hydrogen-bond donors (Lipinski definition) is 1. The van der Waals surface area contributed by atoms with Gasteiger partial charge in [-0.1, -0.05) is 17.9 Å². The minimum atomic E-state index is 0.237. The van der Waals surface area contributed by atoms with Gasteiger partial charge in [0.1, 0.15) is 0 Å². The van der Waals surface area contributed by atoms with Crippen LogP contribution in [-0.4, -0.2) is 39.3 Å². The fourth-order valence-electron chi connectivity index (χ4n) is 2.29. The van der Waals surface area contributed by atoms with Gasteiger partial charge in [-0.05, 0) is 23.3 Å². The van der Waals surface area contributed by atoms with Gasteiger partial charge in [-0.25, -0.2) is 4.68 Å². The summed E-state index contributed by atoms with van der Waals surface area (Å²) in [6, 6.07) is 0.601. The molecule has 1 fully saturated rings. The molecule has 6 heteroatoms. The van der Waals surface area contributed by atoms with Gasteiger partial charge in [-0.15, -0.1) is 0 Å². The maximum absolute atomic E-state index is 6.12. The van der Waals surface area contributed by atoms with Crippen molar-refractivity contribution in [1.82, 2.24) is 20.2 Å². The van der Waals surface area contributed by atoms with Crippen molar-refractivity contribution in [3.05, 3.63) is 0 Å². The molecule has 6 nitrogen and oxygen atoms in total. The quantitative estimate of drug-likeness (QED) is 0.739. The summed E-state index contributed by atoms with van der Waals surface area (Å²) in [6.45, 7) is 0. The Morgan fingerprint density at radius 2 is 2.13 bits per heavy atom. The van der Waals surface area contributed by atoms with Crippen LogP contribution in [0.1, 0.15) is 25.7 Å². The van der Waals surface area contributed by atoms with Crippen molar-refractivity contribution in [1.29, 1.82) is 0 Å². The predicted molar refractivity (Wildman–Crippen MR) is 57.4 cm³/mol. The number of anilines is 1. The fraction of sp³-hybridized carbons (Fsp3) is 0.889. The van der Waals surface area contributed by atoms with E-state index in [0.717, 1.165) is 18.8 Å². The zero-order valence-electron chi connectivity index (χ0n) is 9.30. The number of nitrogens with zero attached hydrogens (tertiary/aromatic N) is 5. The molecule has 0 aliphatic heterocycles. The number of rotatable bonds is 2. The number of nitrogens with two attached hydrogens (primary N) is 1. The van der Waals surface area contributed by atoms with Crippen LogP contribution in [0.4, 0.5) is 5.95 Å². The lowest BCUT2D eigenvalue weighted by atomic mass is 9.90. The van der Waals surface area contributed by atoms with Gasteiger partial charge in [0, 0.05) is 26.2 Å². The van der Waals surface area contributed by atoms with Crippen molar-refractivity contribution in [3.8, 4) is 0 Å². The molecule has 0 saturated heterocycles. The molecule has 0 spiro atoms. The predicted octanol–water partition coefficient (Wildman–Crippen LogP) is -0.0838. The Hall–Kier alpha value is -1.17. The second-order valence-corrected chi connectivity index (χ2v) is 4.23. The van der Waals surface area contributed by atoms with E-state index >= 15 is 0 Å². The van der Waals surface area contributed by atoms with Crippen LogP contribution in [0.5, 0.6) is 0 Å². The number of likely N-dealkylation sites (N-methyl/N-ethyl adjacent to an activating group) is 1. The van der Waals surface area contributed by atoms with Crippen molar-refractivity contribution in [2.24, 2.45) is 12.8 Å². The van der Waals surface area contributed by atoms with E-state index in [1.165, 1.54) is 12.8 Å². The van der Waals surface area contributed by atoms with E-state index in [1.54, 1.807) is 4.68 Å². The average molecular weight is 210 g/mol. The molecular weight excluding hydrogens is 192 g/mol. The van der Waals surface area contributed by atoms with Gasteiger partial charge >= 0.3 is 0 Å². The fourth-order valence-corrected chi connectivity index (χ4v) is 2.29. The van der Waals surface area contributed by atoms with Gasteiger partial charge < -0.3 is 10.6 Å². The Labute approximate surface area is 89.4 Å². The van der Waals surface area contributed by atoms with E-state index in [9.17, 15) is 0 Å². The van der Waals surface area contributed by atoms with Gasteiger partial charge in [0.15, 0.2) is 0 Å². The molecule has 1 aliphatic carbocycles. The normalized spacial score (nSPS) is 26.6. The highest BCUT2D eigenvalue weighted by atomic mass is 15.6. The van der Waals surface area contributed by atoms with Crippen LogP contribution in [0, 0.1) is 0 Å². The van der Waals surface area contributed by atoms with Crippen LogP contribution in [-0.2, 0) is 7.05 Å². The summed E-state index contributed by atoms with van der Waals surface area (Å²) in [4.78, 5) is 2.10. The molecule has 84 valence electrons. The average Bonchev–Trinajstić information content (AvgIpc) is 2.64. The van der Waals surface area contributed by atoms with Crippen molar-refractivity contribution in [3.63, 3.8) is 0 Å². The number of tetrazole rings is 1. The summed E-state index contributed by atoms with van der Waals surface area (Å²) >= 11 is 0. The smallest absolute Gasteiger partial charge is 0.245 e. The molecule has 1 aromatic heterocycles. The molecule has 2 rings (SSSR count). The lowest BCUT2D eigenvalue weighted by Gasteiger charge is -2.35. The van der Waals surface area contributed by atoms with E-state index in [1.807, 2.05) is 14.1 Å². The molecule has 2 N–H and O–H groups in total. The molecule has 2 unspecified atom stereocenters. The van der Waals surface area contributed by atoms with Gasteiger partial charge in [0.05, 0.1) is 0 Å². The molecule has 1 saturated carbocycles. The summed E-state index contributed by atoms with van der Waals surface area (Å²) in [5, 5.41) is 11.5. The summed E-state index contributed by atoms with van der Waals surface area (Å²) < 4.78 is 1.68. The second kappa shape index (κ2) is 4.14. The summed E-state index contributed by atoms with van der Waals surface area (Å²) in [7, 11) is 3.86. The van der Waals surface area contributed by atoms with Crippen LogP contribution >= 0.6 is 0 Å². The highest BCUT2D eigenvalue weighted by Crippen LogP contribution is 2.23. The van der Waals surface area contributed by atoms with Gasteiger partial charge in [0.25, 0.3) is 0 Å². The van der Waals surface area contributed by atoms with E-state index < -0.39 is 0 Å². The topological polar surface area (TPSA) is 72.9 Å². The first-order valence-corrected chi connectivity index (χ1v) is 5.41. The first-order chi connectivity index (χ1) is 7.20.